The third-order valence-corrected chi connectivity index (χ3v) is 5.19. The number of hydrogen-bond acceptors (Lipinski definition) is 6. The van der Waals surface area contributed by atoms with E-state index >= 15 is 0 Å². The first-order valence-electron chi connectivity index (χ1n) is 8.87. The van der Waals surface area contributed by atoms with E-state index in [9.17, 15) is 14.4 Å². The Balaban J connectivity index is 2.20. The Morgan fingerprint density at radius 2 is 1.93 bits per heavy atom. The molecule has 0 aliphatic carbocycles. The van der Waals surface area contributed by atoms with E-state index in [4.69, 9.17) is 4.74 Å². The molecule has 8 heteroatoms. The normalized spacial score (nSPS) is 13.0. The first-order valence-corrected chi connectivity index (χ1v) is 9.69. The van der Waals surface area contributed by atoms with Crippen molar-refractivity contribution < 1.29 is 14.3 Å². The first kappa shape index (κ1) is 21.1. The first-order chi connectivity index (χ1) is 12.4. The zero-order valence-electron chi connectivity index (χ0n) is 16.9. The number of carbonyl (C=O) groups is 2. The van der Waals surface area contributed by atoms with Gasteiger partial charge in [-0.05, 0) is 46.1 Å². The van der Waals surface area contributed by atoms with Crippen molar-refractivity contribution >= 4 is 33.4 Å². The fourth-order valence-corrected chi connectivity index (χ4v) is 3.62. The van der Waals surface area contributed by atoms with Gasteiger partial charge in [0.25, 0.3) is 11.5 Å². The molecule has 7 nitrogen and oxygen atoms in total. The number of amides is 1. The minimum Gasteiger partial charge on any atom is -0.451 e. The Hall–Kier alpha value is -2.22. The number of hydrogen-bond donors (Lipinski definition) is 1. The van der Waals surface area contributed by atoms with E-state index in [-0.39, 0.29) is 23.9 Å². The highest BCUT2D eigenvalue weighted by Crippen LogP contribution is 2.25. The summed E-state index contributed by atoms with van der Waals surface area (Å²) in [5.74, 6) is -1.20. The molecule has 0 aromatic carbocycles. The van der Waals surface area contributed by atoms with Crippen LogP contribution in [-0.2, 0) is 20.9 Å². The summed E-state index contributed by atoms with van der Waals surface area (Å²) in [5, 5.41) is 3.35. The molecule has 1 atom stereocenters. The van der Waals surface area contributed by atoms with Gasteiger partial charge >= 0.3 is 5.97 Å². The van der Waals surface area contributed by atoms with E-state index < -0.39 is 17.6 Å². The zero-order chi connectivity index (χ0) is 20.5. The number of esters is 1. The number of nitrogens with zero attached hydrogens (tertiary/aromatic N) is 2. The predicted molar refractivity (Wildman–Crippen MR) is 106 cm³/mol. The minimum absolute atomic E-state index is 0.199. The molecule has 2 heterocycles. The Labute approximate surface area is 162 Å². The van der Waals surface area contributed by atoms with Crippen molar-refractivity contribution in [1.82, 2.24) is 14.9 Å². The van der Waals surface area contributed by atoms with Gasteiger partial charge in [-0.25, -0.2) is 4.98 Å². The average Bonchev–Trinajstić information content (AvgIpc) is 2.81. The number of aryl methyl sites for hydroxylation is 2. The zero-order valence-corrected chi connectivity index (χ0v) is 17.7. The summed E-state index contributed by atoms with van der Waals surface area (Å²) in [6, 6.07) is 0. The molecule has 1 N–H and O–H groups in total. The van der Waals surface area contributed by atoms with Crippen LogP contribution in [0.3, 0.4) is 0 Å². The molecule has 1 amide bonds. The maximum Gasteiger partial charge on any atom is 0.326 e. The van der Waals surface area contributed by atoms with Gasteiger partial charge in [0.2, 0.25) is 0 Å². The SMILES string of the molecule is Cc1sc2ncn(CC(=O)OC(C(=O)NC(C)(C)C)C(C)C)c(=O)c2c1C. The number of rotatable bonds is 5. The number of aromatic nitrogens is 2. The van der Waals surface area contributed by atoms with Crippen molar-refractivity contribution in [2.45, 2.75) is 66.7 Å². The molecular formula is C19H27N3O4S. The van der Waals surface area contributed by atoms with Gasteiger partial charge in [-0.1, -0.05) is 13.8 Å². The number of ether oxygens (including phenoxy) is 1. The average molecular weight is 394 g/mol. The standard InChI is InChI=1S/C19H27N3O4S/c1-10(2)15(16(24)21-19(5,6)7)26-13(23)8-22-9-20-17-14(18(22)25)11(3)12(4)27-17/h9-10,15H,8H2,1-7H3,(H,21,24). The van der Waals surface area contributed by atoms with Crippen molar-refractivity contribution in [3.63, 3.8) is 0 Å². The summed E-state index contributed by atoms with van der Waals surface area (Å²) >= 11 is 1.45. The molecule has 0 fully saturated rings. The largest absolute Gasteiger partial charge is 0.451 e. The maximum absolute atomic E-state index is 12.7. The third kappa shape index (κ3) is 4.94. The minimum atomic E-state index is -0.922. The van der Waals surface area contributed by atoms with Crippen molar-refractivity contribution in [3.05, 3.63) is 27.1 Å². The second-order valence-corrected chi connectivity index (χ2v) is 9.24. The van der Waals surface area contributed by atoms with Gasteiger partial charge in [0.1, 0.15) is 11.4 Å². The van der Waals surface area contributed by atoms with Crippen LogP contribution < -0.4 is 10.9 Å². The smallest absolute Gasteiger partial charge is 0.326 e. The van der Waals surface area contributed by atoms with E-state index in [0.29, 0.717) is 10.2 Å². The molecule has 0 radical (unpaired) electrons. The molecular weight excluding hydrogens is 366 g/mol. The molecule has 0 saturated carbocycles. The van der Waals surface area contributed by atoms with Crippen LogP contribution in [0, 0.1) is 19.8 Å². The maximum atomic E-state index is 12.7. The highest BCUT2D eigenvalue weighted by atomic mass is 32.1. The second-order valence-electron chi connectivity index (χ2n) is 8.03. The van der Waals surface area contributed by atoms with Crippen LogP contribution in [0.2, 0.25) is 0 Å². The fraction of sp³-hybridized carbons (Fsp3) is 0.579. The van der Waals surface area contributed by atoms with Gasteiger partial charge in [-0.2, -0.15) is 0 Å². The number of thiophene rings is 1. The molecule has 27 heavy (non-hydrogen) atoms. The molecule has 2 rings (SSSR count). The van der Waals surface area contributed by atoms with Crippen LogP contribution in [0.5, 0.6) is 0 Å². The van der Waals surface area contributed by atoms with E-state index in [1.807, 2.05) is 34.6 Å². The number of fused-ring (bicyclic) bond motifs is 1. The summed E-state index contributed by atoms with van der Waals surface area (Å²) in [7, 11) is 0. The van der Waals surface area contributed by atoms with Crippen molar-refractivity contribution in [3.8, 4) is 0 Å². The Morgan fingerprint density at radius 1 is 1.30 bits per heavy atom. The highest BCUT2D eigenvalue weighted by molar-refractivity contribution is 7.18. The molecule has 0 spiro atoms. The predicted octanol–water partition coefficient (Wildman–Crippen LogP) is 2.56. The van der Waals surface area contributed by atoms with Gasteiger partial charge < -0.3 is 10.1 Å². The van der Waals surface area contributed by atoms with Crippen LogP contribution in [0.25, 0.3) is 10.2 Å². The number of nitrogens with one attached hydrogen (secondary N) is 1. The summed E-state index contributed by atoms with van der Waals surface area (Å²) < 4.78 is 6.62. The molecule has 0 bridgehead atoms. The van der Waals surface area contributed by atoms with E-state index in [0.717, 1.165) is 10.4 Å². The van der Waals surface area contributed by atoms with Crippen LogP contribution in [0.15, 0.2) is 11.1 Å². The lowest BCUT2D eigenvalue weighted by molar-refractivity contribution is -0.159. The van der Waals surface area contributed by atoms with Gasteiger partial charge in [-0.15, -0.1) is 11.3 Å². The van der Waals surface area contributed by atoms with Crippen LogP contribution in [0.4, 0.5) is 0 Å². The molecule has 148 valence electrons. The molecule has 1 unspecified atom stereocenters. The highest BCUT2D eigenvalue weighted by Gasteiger charge is 2.29. The molecule has 2 aromatic heterocycles. The van der Waals surface area contributed by atoms with Crippen LogP contribution in [-0.4, -0.2) is 33.1 Å². The lowest BCUT2D eigenvalue weighted by Crippen LogP contribution is -2.49. The summed E-state index contributed by atoms with van der Waals surface area (Å²) in [6.07, 6.45) is 0.426. The Morgan fingerprint density at radius 3 is 2.48 bits per heavy atom. The van der Waals surface area contributed by atoms with Crippen LogP contribution in [0.1, 0.15) is 45.1 Å². The summed E-state index contributed by atoms with van der Waals surface area (Å²) in [4.78, 5) is 43.4. The lowest BCUT2D eigenvalue weighted by Gasteiger charge is -2.26. The van der Waals surface area contributed by atoms with Crippen molar-refractivity contribution in [2.75, 3.05) is 0 Å². The second kappa shape index (κ2) is 7.80. The quantitative estimate of drug-likeness (QED) is 0.789. The van der Waals surface area contributed by atoms with Gasteiger partial charge in [0.05, 0.1) is 11.7 Å². The van der Waals surface area contributed by atoms with Gasteiger partial charge in [0.15, 0.2) is 6.10 Å². The topological polar surface area (TPSA) is 90.3 Å². The molecule has 0 aliphatic rings. The monoisotopic (exact) mass is 393 g/mol. The van der Waals surface area contributed by atoms with E-state index in [2.05, 4.69) is 10.3 Å². The Bertz CT molecular complexity index is 921. The lowest BCUT2D eigenvalue weighted by atomic mass is 10.0. The molecule has 0 saturated heterocycles. The Kier molecular flexibility index (Phi) is 6.09. The fourth-order valence-electron chi connectivity index (χ4n) is 2.63. The summed E-state index contributed by atoms with van der Waals surface area (Å²) in [6.45, 7) is 12.7. The van der Waals surface area contributed by atoms with Crippen molar-refractivity contribution in [1.29, 1.82) is 0 Å². The molecule has 0 aliphatic heterocycles. The van der Waals surface area contributed by atoms with Crippen LogP contribution >= 0.6 is 11.3 Å². The van der Waals surface area contributed by atoms with Gasteiger partial charge in [0, 0.05) is 10.4 Å². The number of carbonyl (C=O) groups excluding carboxylic acids is 2. The van der Waals surface area contributed by atoms with Crippen molar-refractivity contribution in [2.24, 2.45) is 5.92 Å². The van der Waals surface area contributed by atoms with E-state index in [1.165, 1.54) is 22.2 Å². The summed E-state index contributed by atoms with van der Waals surface area (Å²) in [5.41, 5.74) is 0.163. The third-order valence-electron chi connectivity index (χ3n) is 4.08. The molecule has 2 aromatic rings. The van der Waals surface area contributed by atoms with Gasteiger partial charge in [-0.3, -0.25) is 19.0 Å². The van der Waals surface area contributed by atoms with E-state index in [1.54, 1.807) is 13.8 Å².